The number of nitrogens with zero attached hydrogens (tertiary/aromatic N) is 4. The van der Waals surface area contributed by atoms with Crippen LogP contribution in [0.25, 0.3) is 111 Å². The molecule has 0 bridgehead atoms. The molecular formula is C97H71BN4S. The molecule has 20 rings (SSSR count). The van der Waals surface area contributed by atoms with Crippen LogP contribution in [0.1, 0.15) is 77.4 Å². The van der Waals surface area contributed by atoms with E-state index >= 15 is 0 Å². The van der Waals surface area contributed by atoms with E-state index < -0.39 is 114 Å². The zero-order valence-electron chi connectivity index (χ0n) is 75.6. The summed E-state index contributed by atoms with van der Waals surface area (Å²) in [7, 11) is 0. The van der Waals surface area contributed by atoms with Crippen LogP contribution < -0.4 is 26.2 Å². The molecule has 0 radical (unpaired) electrons. The topological polar surface area (TPSA) is 16.3 Å². The third kappa shape index (κ3) is 9.68. The summed E-state index contributed by atoms with van der Waals surface area (Å²) >= 11 is 1.24. The highest BCUT2D eigenvalue weighted by Gasteiger charge is 2.44. The molecule has 2 aromatic heterocycles. The largest absolute Gasteiger partial charge is 0.310 e. The molecule has 0 spiro atoms. The van der Waals surface area contributed by atoms with Crippen molar-refractivity contribution >= 4 is 113 Å². The summed E-state index contributed by atoms with van der Waals surface area (Å²) < 4.78 is 188. The van der Waals surface area contributed by atoms with Crippen molar-refractivity contribution in [3.8, 4) is 67.0 Å². The molecule has 3 aliphatic rings. The van der Waals surface area contributed by atoms with Gasteiger partial charge in [-0.25, -0.2) is 0 Å². The van der Waals surface area contributed by atoms with Crippen molar-refractivity contribution in [1.29, 1.82) is 0 Å². The second-order valence-corrected chi connectivity index (χ2v) is 29.2. The Morgan fingerprint density at radius 1 is 0.350 bits per heavy atom. The van der Waals surface area contributed by atoms with Gasteiger partial charge in [-0.1, -0.05) is 276 Å². The first-order valence-corrected chi connectivity index (χ1v) is 35.3. The molecule has 0 atom stereocenters. The number of benzene rings is 15. The zero-order chi connectivity index (χ0) is 85.4. The Kier molecular flexibility index (Phi) is 10.1. The first kappa shape index (κ1) is 44.2. The highest BCUT2D eigenvalue weighted by molar-refractivity contribution is 8.00. The van der Waals surface area contributed by atoms with Crippen LogP contribution in [0.2, 0.25) is 0 Å². The third-order valence-corrected chi connectivity index (χ3v) is 21.9. The average Bonchev–Trinajstić information content (AvgIpc) is 1.00. The van der Waals surface area contributed by atoms with Gasteiger partial charge < -0.3 is 18.9 Å². The Morgan fingerprint density at radius 3 is 1.42 bits per heavy atom. The molecular weight excluding hydrogens is 1260 g/mol. The third-order valence-electron chi connectivity index (χ3n) is 20.8. The molecule has 0 unspecified atom stereocenters. The van der Waals surface area contributed by atoms with Gasteiger partial charge in [0.25, 0.3) is 0 Å². The van der Waals surface area contributed by atoms with E-state index in [2.05, 4.69) is 94.1 Å². The highest BCUT2D eigenvalue weighted by Crippen LogP contribution is 2.56. The summed E-state index contributed by atoms with van der Waals surface area (Å²) in [5, 5.41) is -0.640. The highest BCUT2D eigenvalue weighted by atomic mass is 32.2. The van der Waals surface area contributed by atoms with Gasteiger partial charge in [0.1, 0.15) is 0 Å². The summed E-state index contributed by atoms with van der Waals surface area (Å²) in [4.78, 5) is 5.08. The van der Waals surface area contributed by atoms with E-state index in [-0.39, 0.29) is 90.1 Å². The SMILES string of the molecule is [2H]c1c2c3c(c([2H])c1-c1ccc4c(c1)C(C)(C)c1ccccc1N4c1ccccc1)N(c1c(-c4cccc(-c5ccccc5)c4)cc(C(C)(C)C)cc1-c1cccc(-c4ccccc4)c1)c1c(ccc(-n4c5c([2H])c([2H])c([2H])c([2H])c5c5c([2H])c([2H])c([2H])c([2H])c54)c1[2H])B3c1ccc(-n3c4c([2H])c([2H])c([2H])c([2H])c4c4c([2H])c([2H])c([2H])c([2H])c43)cc1S2. The van der Waals surface area contributed by atoms with E-state index in [9.17, 15) is 17.8 Å². The van der Waals surface area contributed by atoms with Crippen LogP contribution in [-0.4, -0.2) is 15.8 Å². The quantitative estimate of drug-likeness (QED) is 0.134. The Hall–Kier alpha value is -12.1. The molecule has 0 saturated carbocycles. The van der Waals surface area contributed by atoms with Gasteiger partial charge in [0, 0.05) is 76.3 Å². The summed E-state index contributed by atoms with van der Waals surface area (Å²) in [5.41, 5.74) is 13.2. The molecule has 3 aliphatic heterocycles. The molecule has 0 fully saturated rings. The Labute approximate surface area is 632 Å². The minimum atomic E-state index is -1.06. The van der Waals surface area contributed by atoms with Crippen LogP contribution in [0.3, 0.4) is 0 Å². The van der Waals surface area contributed by atoms with Gasteiger partial charge in [0.2, 0.25) is 6.71 Å². The van der Waals surface area contributed by atoms with Gasteiger partial charge in [0.05, 0.1) is 65.2 Å². The van der Waals surface area contributed by atoms with E-state index in [0.29, 0.717) is 48.6 Å². The number of anilines is 6. The maximum absolute atomic E-state index is 11.9. The number of rotatable bonds is 9. The van der Waals surface area contributed by atoms with Crippen LogP contribution in [0.5, 0.6) is 0 Å². The van der Waals surface area contributed by atoms with Gasteiger partial charge in [-0.05, 0) is 193 Å². The van der Waals surface area contributed by atoms with E-state index in [1.807, 2.05) is 157 Å². The second-order valence-electron chi connectivity index (χ2n) is 28.1. The molecule has 0 amide bonds. The number of hydrogen-bond acceptors (Lipinski definition) is 3. The maximum Gasteiger partial charge on any atom is 0.249 e. The summed E-state index contributed by atoms with van der Waals surface area (Å²) in [6.07, 6.45) is 0. The van der Waals surface area contributed by atoms with Crippen LogP contribution in [-0.2, 0) is 10.8 Å². The van der Waals surface area contributed by atoms with Gasteiger partial charge in [0.15, 0.2) is 0 Å². The normalized spacial score (nSPS) is 16.0. The average molecular weight is 1350 g/mol. The van der Waals surface area contributed by atoms with Crippen LogP contribution >= 0.6 is 11.8 Å². The van der Waals surface area contributed by atoms with Crippen molar-refractivity contribution in [3.63, 3.8) is 0 Å². The fraction of sp³-hybridized carbons (Fsp3) is 0.0722. The summed E-state index contributed by atoms with van der Waals surface area (Å²) in [6, 6.07) is 64.3. The monoisotopic (exact) mass is 1350 g/mol. The lowest BCUT2D eigenvalue weighted by Gasteiger charge is -2.43. The van der Waals surface area contributed by atoms with Crippen molar-refractivity contribution in [1.82, 2.24) is 9.13 Å². The second kappa shape index (κ2) is 23.5. The van der Waals surface area contributed by atoms with E-state index in [4.69, 9.17) is 8.22 Å². The van der Waals surface area contributed by atoms with Crippen molar-refractivity contribution in [3.05, 3.63) is 356 Å². The molecule has 4 nitrogen and oxygen atoms in total. The molecule has 103 heavy (non-hydrogen) atoms. The van der Waals surface area contributed by atoms with E-state index in [1.54, 1.807) is 18.2 Å². The van der Waals surface area contributed by atoms with Gasteiger partial charge >= 0.3 is 0 Å². The van der Waals surface area contributed by atoms with E-state index in [1.165, 1.54) is 20.9 Å². The van der Waals surface area contributed by atoms with Crippen molar-refractivity contribution in [2.24, 2.45) is 0 Å². The molecule has 0 aliphatic carbocycles. The number of fused-ring (bicyclic) bond motifs is 12. The fourth-order valence-corrected chi connectivity index (χ4v) is 17.1. The molecule has 15 aromatic carbocycles. The lowest BCUT2D eigenvalue weighted by atomic mass is 9.34. The van der Waals surface area contributed by atoms with E-state index in [0.717, 1.165) is 67.1 Å². The fourth-order valence-electron chi connectivity index (χ4n) is 15.9. The maximum atomic E-state index is 11.9. The Balaban J connectivity index is 0.979. The minimum Gasteiger partial charge on any atom is -0.310 e. The lowest BCUT2D eigenvalue weighted by molar-refractivity contribution is 0.591. The van der Waals surface area contributed by atoms with Crippen molar-refractivity contribution in [2.75, 3.05) is 9.80 Å². The zero-order valence-corrected chi connectivity index (χ0v) is 57.5. The lowest BCUT2D eigenvalue weighted by Crippen LogP contribution is -2.60. The predicted molar refractivity (Wildman–Crippen MR) is 438 cm³/mol. The van der Waals surface area contributed by atoms with Crippen LogP contribution in [0.15, 0.2) is 349 Å². The van der Waals surface area contributed by atoms with Gasteiger partial charge in [-0.3, -0.25) is 0 Å². The number of hydrogen-bond donors (Lipinski definition) is 0. The van der Waals surface area contributed by atoms with Gasteiger partial charge in [-0.15, -0.1) is 0 Å². The summed E-state index contributed by atoms with van der Waals surface area (Å²) in [5.74, 6) is 0. The summed E-state index contributed by atoms with van der Waals surface area (Å²) in [6.45, 7) is 9.72. The van der Waals surface area contributed by atoms with Crippen molar-refractivity contribution in [2.45, 2.75) is 55.2 Å². The molecule has 488 valence electrons. The number of aromatic nitrogens is 2. The van der Waals surface area contributed by atoms with Crippen LogP contribution in [0.4, 0.5) is 34.1 Å². The Morgan fingerprint density at radius 2 is 0.835 bits per heavy atom. The molecule has 5 heterocycles. The molecule has 6 heteroatoms. The van der Waals surface area contributed by atoms with Gasteiger partial charge in [-0.2, -0.15) is 0 Å². The van der Waals surface area contributed by atoms with Crippen LogP contribution in [0, 0.1) is 0 Å². The van der Waals surface area contributed by atoms with Crippen molar-refractivity contribution < 1.29 is 26.0 Å². The minimum absolute atomic E-state index is 0.0388. The first-order chi connectivity index (χ1) is 58.4. The predicted octanol–water partition coefficient (Wildman–Crippen LogP) is 24.4. The number of para-hydroxylation sites is 6. The standard InChI is InChI=1S/C97H71BN4S/c1-96(2,3)70-58-78(67-33-25-31-64(53-67)62-27-9-6-10-28-62)95(79(59-70)68-34-26-32-65(54-68)63-29-11-7-12-30-63)102-90-60-72(100-84-42-20-15-37-74(84)75-38-16-21-43-85(75)100)48-50-82(90)98-83-51-49-73(101-86-44-22-17-39-76(86)77-40-18-23-45-87(77)101)61-92(83)103-93-57-69(56-91(102)94(93)98)66-47-52-89-81(55-66)97(4,5)80-41-19-24-46-88(80)99(89)71-35-13-8-14-36-71/h6-61H,1-5H3/i15D,16D,17D,18D,20D,21D,22D,23D,37D,38D,39D,40D,42D,43D,44D,45D,56D,57D,60D. The Bertz CT molecular complexity index is 7250. The first-order valence-electron chi connectivity index (χ1n) is 44.0. The molecule has 0 N–H and O–H groups in total. The molecule has 17 aromatic rings. The smallest absolute Gasteiger partial charge is 0.249 e. The molecule has 0 saturated heterocycles.